The van der Waals surface area contributed by atoms with E-state index in [1.165, 1.54) is 16.8 Å². The van der Waals surface area contributed by atoms with Crippen LogP contribution in [-0.2, 0) is 22.6 Å². The normalized spacial score (nSPS) is 13.2. The summed E-state index contributed by atoms with van der Waals surface area (Å²) in [5, 5.41) is 16.0. The van der Waals surface area contributed by atoms with Gasteiger partial charge < -0.3 is 10.2 Å². The van der Waals surface area contributed by atoms with Gasteiger partial charge in [-0.25, -0.2) is 4.68 Å². The molecular weight excluding hydrogens is 376 g/mol. The van der Waals surface area contributed by atoms with Crippen molar-refractivity contribution in [3.63, 3.8) is 0 Å². The summed E-state index contributed by atoms with van der Waals surface area (Å²) in [7, 11) is 0. The molecule has 0 spiro atoms. The molecule has 0 unspecified atom stereocenters. The third kappa shape index (κ3) is 3.94. The maximum atomic E-state index is 12.4. The van der Waals surface area contributed by atoms with Crippen molar-refractivity contribution in [1.29, 1.82) is 0 Å². The van der Waals surface area contributed by atoms with Gasteiger partial charge in [0, 0.05) is 36.5 Å². The Bertz CT molecular complexity index is 998. The lowest BCUT2D eigenvalue weighted by molar-refractivity contribution is -0.133. The van der Waals surface area contributed by atoms with E-state index in [2.05, 4.69) is 32.3 Å². The van der Waals surface area contributed by atoms with E-state index in [4.69, 9.17) is 0 Å². The van der Waals surface area contributed by atoms with Crippen LogP contribution in [0, 0.1) is 6.92 Å². The molecule has 3 aromatic rings. The van der Waals surface area contributed by atoms with Crippen LogP contribution in [0.2, 0.25) is 0 Å². The summed E-state index contributed by atoms with van der Waals surface area (Å²) in [6, 6.07) is 7.58. The first-order valence-corrected chi connectivity index (χ1v) is 9.95. The molecule has 0 atom stereocenters. The first-order valence-electron chi connectivity index (χ1n) is 9.07. The Hall–Kier alpha value is -3.07. The number of benzene rings is 1. The molecule has 0 saturated heterocycles. The lowest BCUT2D eigenvalue weighted by atomic mass is 10.1. The summed E-state index contributed by atoms with van der Waals surface area (Å²) in [4.78, 5) is 27.9. The van der Waals surface area contributed by atoms with Gasteiger partial charge in [0.25, 0.3) is 0 Å². The Morgan fingerprint density at radius 1 is 1.25 bits per heavy atom. The van der Waals surface area contributed by atoms with Crippen molar-refractivity contribution in [2.45, 2.75) is 32.7 Å². The standard InChI is InChI=1S/C19H20N6O2S/c1-13-10-15(2-3-16(13)25-12-20-22-23-25)21-18(26)4-5-19(27)24-8-6-17-14(11-24)7-9-28-17/h2-3,7,9-10,12H,4-6,8,11H2,1H3,(H,21,26). The molecule has 2 aromatic heterocycles. The molecule has 8 nitrogen and oxygen atoms in total. The Morgan fingerprint density at radius 2 is 2.14 bits per heavy atom. The van der Waals surface area contributed by atoms with E-state index in [0.29, 0.717) is 12.2 Å². The van der Waals surface area contributed by atoms with Crippen molar-refractivity contribution in [1.82, 2.24) is 25.1 Å². The Morgan fingerprint density at radius 3 is 2.93 bits per heavy atom. The summed E-state index contributed by atoms with van der Waals surface area (Å²) in [5.74, 6) is -0.145. The van der Waals surface area contributed by atoms with Gasteiger partial charge in [-0.05, 0) is 64.5 Å². The van der Waals surface area contributed by atoms with Crippen molar-refractivity contribution >= 4 is 28.8 Å². The van der Waals surface area contributed by atoms with E-state index in [9.17, 15) is 9.59 Å². The molecule has 0 aliphatic carbocycles. The van der Waals surface area contributed by atoms with E-state index in [0.717, 1.165) is 24.2 Å². The molecule has 0 bridgehead atoms. The summed E-state index contributed by atoms with van der Waals surface area (Å²) in [5.41, 5.74) is 3.69. The van der Waals surface area contributed by atoms with Crippen molar-refractivity contribution in [3.8, 4) is 5.69 Å². The number of carbonyl (C=O) groups is 2. The number of aromatic nitrogens is 4. The number of aryl methyl sites for hydroxylation is 1. The van der Waals surface area contributed by atoms with Gasteiger partial charge in [0.2, 0.25) is 11.8 Å². The highest BCUT2D eigenvalue weighted by Crippen LogP contribution is 2.24. The highest BCUT2D eigenvalue weighted by Gasteiger charge is 2.21. The zero-order chi connectivity index (χ0) is 19.5. The summed E-state index contributed by atoms with van der Waals surface area (Å²) in [6.07, 6.45) is 2.80. The second kappa shape index (κ2) is 7.89. The molecular formula is C19H20N6O2S. The summed E-state index contributed by atoms with van der Waals surface area (Å²) < 4.78 is 1.57. The molecule has 1 aliphatic rings. The second-order valence-electron chi connectivity index (χ2n) is 6.74. The maximum absolute atomic E-state index is 12.4. The lowest BCUT2D eigenvalue weighted by Gasteiger charge is -2.27. The number of tetrazole rings is 1. The highest BCUT2D eigenvalue weighted by molar-refractivity contribution is 7.10. The summed E-state index contributed by atoms with van der Waals surface area (Å²) >= 11 is 1.75. The first-order chi connectivity index (χ1) is 13.6. The Labute approximate surface area is 166 Å². The minimum Gasteiger partial charge on any atom is -0.338 e. The predicted molar refractivity (Wildman–Crippen MR) is 105 cm³/mol. The molecule has 2 amide bonds. The number of hydrogen-bond donors (Lipinski definition) is 1. The van der Waals surface area contributed by atoms with Crippen LogP contribution in [0.4, 0.5) is 5.69 Å². The van der Waals surface area contributed by atoms with Gasteiger partial charge in [-0.1, -0.05) is 0 Å². The van der Waals surface area contributed by atoms with Gasteiger partial charge in [-0.15, -0.1) is 16.4 Å². The molecule has 0 radical (unpaired) electrons. The van der Waals surface area contributed by atoms with Crippen LogP contribution in [0.15, 0.2) is 36.0 Å². The smallest absolute Gasteiger partial charge is 0.224 e. The fourth-order valence-corrected chi connectivity index (χ4v) is 4.22. The van der Waals surface area contributed by atoms with Crippen LogP contribution in [0.3, 0.4) is 0 Å². The number of nitrogens with zero attached hydrogens (tertiary/aromatic N) is 5. The topological polar surface area (TPSA) is 93.0 Å². The van der Waals surface area contributed by atoms with Crippen LogP contribution in [0.5, 0.6) is 0 Å². The molecule has 1 N–H and O–H groups in total. The van der Waals surface area contributed by atoms with Crippen LogP contribution in [0.25, 0.3) is 5.69 Å². The molecule has 1 aliphatic heterocycles. The van der Waals surface area contributed by atoms with Gasteiger partial charge >= 0.3 is 0 Å². The third-order valence-corrected chi connectivity index (χ3v) is 5.83. The van der Waals surface area contributed by atoms with Gasteiger partial charge in [0.15, 0.2) is 0 Å². The summed E-state index contributed by atoms with van der Waals surface area (Å²) in [6.45, 7) is 3.30. The van der Waals surface area contributed by atoms with Crippen LogP contribution in [-0.4, -0.2) is 43.5 Å². The molecule has 144 valence electrons. The zero-order valence-corrected chi connectivity index (χ0v) is 16.3. The molecule has 9 heteroatoms. The number of thiophene rings is 1. The Kier molecular flexibility index (Phi) is 5.16. The number of hydrogen-bond acceptors (Lipinski definition) is 6. The first kappa shape index (κ1) is 18.3. The van der Waals surface area contributed by atoms with E-state index in [-0.39, 0.29) is 24.7 Å². The number of rotatable bonds is 5. The number of anilines is 1. The largest absolute Gasteiger partial charge is 0.338 e. The van der Waals surface area contributed by atoms with Gasteiger partial charge in [0.05, 0.1) is 5.69 Å². The van der Waals surface area contributed by atoms with Gasteiger partial charge in [-0.2, -0.15) is 0 Å². The maximum Gasteiger partial charge on any atom is 0.224 e. The molecule has 0 fully saturated rings. The van der Waals surface area contributed by atoms with Crippen molar-refractivity contribution < 1.29 is 9.59 Å². The zero-order valence-electron chi connectivity index (χ0n) is 15.5. The van der Waals surface area contributed by atoms with E-state index in [1.807, 2.05) is 24.0 Å². The molecule has 0 saturated carbocycles. The third-order valence-electron chi connectivity index (χ3n) is 4.80. The van der Waals surface area contributed by atoms with E-state index in [1.54, 1.807) is 22.1 Å². The van der Waals surface area contributed by atoms with E-state index >= 15 is 0 Å². The molecule has 28 heavy (non-hydrogen) atoms. The van der Waals surface area contributed by atoms with Crippen LogP contribution >= 0.6 is 11.3 Å². The van der Waals surface area contributed by atoms with Crippen LogP contribution < -0.4 is 5.32 Å². The van der Waals surface area contributed by atoms with E-state index < -0.39 is 0 Å². The van der Waals surface area contributed by atoms with Crippen molar-refractivity contribution in [2.75, 3.05) is 11.9 Å². The highest BCUT2D eigenvalue weighted by atomic mass is 32.1. The average molecular weight is 396 g/mol. The minimum atomic E-state index is -0.170. The lowest BCUT2D eigenvalue weighted by Crippen LogP contribution is -2.35. The van der Waals surface area contributed by atoms with Crippen molar-refractivity contribution in [2.24, 2.45) is 0 Å². The number of nitrogens with one attached hydrogen (secondary N) is 1. The fraction of sp³-hybridized carbons (Fsp3) is 0.316. The average Bonchev–Trinajstić information content (AvgIpc) is 3.37. The van der Waals surface area contributed by atoms with Gasteiger partial charge in [-0.3, -0.25) is 9.59 Å². The minimum absolute atomic E-state index is 0.0252. The van der Waals surface area contributed by atoms with Crippen LogP contribution in [0.1, 0.15) is 28.8 Å². The van der Waals surface area contributed by atoms with Crippen molar-refractivity contribution in [3.05, 3.63) is 52.0 Å². The molecule has 4 rings (SSSR count). The SMILES string of the molecule is Cc1cc(NC(=O)CCC(=O)N2CCc3sccc3C2)ccc1-n1cnnn1. The fourth-order valence-electron chi connectivity index (χ4n) is 3.33. The quantitative estimate of drug-likeness (QED) is 0.714. The molecule has 3 heterocycles. The number of amides is 2. The number of carbonyl (C=O) groups excluding carboxylic acids is 2. The second-order valence-corrected chi connectivity index (χ2v) is 7.74. The monoisotopic (exact) mass is 396 g/mol. The predicted octanol–water partition coefficient (Wildman–Crippen LogP) is 2.34. The molecule has 1 aromatic carbocycles. The Balaban J connectivity index is 1.30. The number of fused-ring (bicyclic) bond motifs is 1. The van der Waals surface area contributed by atoms with Gasteiger partial charge in [0.1, 0.15) is 6.33 Å².